The van der Waals surface area contributed by atoms with E-state index in [1.807, 2.05) is 0 Å². The molecule has 4 nitrogen and oxygen atoms in total. The van der Waals surface area contributed by atoms with Crippen molar-refractivity contribution < 1.29 is 12.8 Å². The van der Waals surface area contributed by atoms with Gasteiger partial charge in [-0.1, -0.05) is 11.6 Å². The van der Waals surface area contributed by atoms with Gasteiger partial charge in [-0.15, -0.1) is 0 Å². The van der Waals surface area contributed by atoms with E-state index in [1.165, 1.54) is 29.6 Å². The molecule has 0 saturated heterocycles. The van der Waals surface area contributed by atoms with Crippen molar-refractivity contribution in [2.75, 3.05) is 7.05 Å². The first-order valence-electron chi connectivity index (χ1n) is 5.46. The van der Waals surface area contributed by atoms with Crippen LogP contribution in [0.3, 0.4) is 0 Å². The van der Waals surface area contributed by atoms with Gasteiger partial charge < -0.3 is 4.42 Å². The average Bonchev–Trinajstić information content (AvgIpc) is 2.78. The monoisotopic (exact) mass is 441 g/mol. The molecule has 0 saturated carbocycles. The Balaban J connectivity index is 2.27. The highest BCUT2D eigenvalue weighted by atomic mass is 79.9. The summed E-state index contributed by atoms with van der Waals surface area (Å²) in [6.07, 6.45) is 0. The van der Waals surface area contributed by atoms with Gasteiger partial charge in [0.1, 0.15) is 5.76 Å². The number of furan rings is 1. The van der Waals surface area contributed by atoms with Crippen LogP contribution in [0.15, 0.2) is 48.8 Å². The van der Waals surface area contributed by atoms with Gasteiger partial charge in [0, 0.05) is 11.5 Å². The molecule has 0 aliphatic carbocycles. The second kappa shape index (κ2) is 6.19. The summed E-state index contributed by atoms with van der Waals surface area (Å²) in [6.45, 7) is 0.147. The van der Waals surface area contributed by atoms with E-state index in [9.17, 15) is 8.42 Å². The average molecular weight is 444 g/mol. The summed E-state index contributed by atoms with van der Waals surface area (Å²) >= 11 is 12.3. The van der Waals surface area contributed by atoms with Gasteiger partial charge >= 0.3 is 0 Å². The van der Waals surface area contributed by atoms with Gasteiger partial charge in [0.05, 0.1) is 16.5 Å². The van der Waals surface area contributed by atoms with Crippen LogP contribution in [-0.2, 0) is 16.6 Å². The second-order valence-corrected chi connectivity index (χ2v) is 8.13. The van der Waals surface area contributed by atoms with Crippen molar-refractivity contribution in [2.45, 2.75) is 11.4 Å². The second-order valence-electron chi connectivity index (χ2n) is 4.04. The maximum atomic E-state index is 12.4. The summed E-state index contributed by atoms with van der Waals surface area (Å²) in [5, 5.41) is 0.460. The van der Waals surface area contributed by atoms with Crippen molar-refractivity contribution >= 4 is 53.5 Å². The summed E-state index contributed by atoms with van der Waals surface area (Å²) < 4.78 is 32.5. The Bertz CT molecular complexity index is 730. The molecule has 1 aromatic heterocycles. The SMILES string of the molecule is CN(Cc1ccc(Br)o1)S(=O)(=O)c1ccc(Cl)c(Br)c1. The van der Waals surface area contributed by atoms with Gasteiger partial charge in [0.15, 0.2) is 4.67 Å². The topological polar surface area (TPSA) is 50.5 Å². The molecular weight excluding hydrogens is 433 g/mol. The van der Waals surface area contributed by atoms with Crippen LogP contribution >= 0.6 is 43.5 Å². The minimum absolute atomic E-state index is 0.147. The van der Waals surface area contributed by atoms with E-state index in [0.717, 1.165) is 0 Å². The fraction of sp³-hybridized carbons (Fsp3) is 0.167. The van der Waals surface area contributed by atoms with Gasteiger partial charge in [-0.2, -0.15) is 4.31 Å². The molecule has 108 valence electrons. The molecule has 1 aromatic carbocycles. The minimum atomic E-state index is -3.60. The van der Waals surface area contributed by atoms with Gasteiger partial charge in [-0.25, -0.2) is 8.42 Å². The predicted molar refractivity (Wildman–Crippen MR) is 84.2 cm³/mol. The van der Waals surface area contributed by atoms with Crippen LogP contribution in [0, 0.1) is 0 Å². The lowest BCUT2D eigenvalue weighted by atomic mass is 10.4. The molecule has 0 aliphatic heterocycles. The Morgan fingerprint density at radius 1 is 1.25 bits per heavy atom. The normalized spacial score (nSPS) is 12.1. The Labute approximate surface area is 139 Å². The summed E-state index contributed by atoms with van der Waals surface area (Å²) in [7, 11) is -2.10. The van der Waals surface area contributed by atoms with Gasteiger partial charge in [0.25, 0.3) is 0 Å². The Hall–Kier alpha value is -0.340. The number of benzene rings is 1. The fourth-order valence-corrected chi connectivity index (χ4v) is 3.71. The zero-order valence-electron chi connectivity index (χ0n) is 10.3. The summed E-state index contributed by atoms with van der Waals surface area (Å²) in [5.41, 5.74) is 0. The predicted octanol–water partition coefficient (Wildman–Crippen LogP) is 4.28. The Morgan fingerprint density at radius 3 is 2.50 bits per heavy atom. The van der Waals surface area contributed by atoms with E-state index < -0.39 is 10.0 Å². The molecule has 0 fully saturated rings. The van der Waals surface area contributed by atoms with Crippen LogP contribution in [0.2, 0.25) is 5.02 Å². The van der Waals surface area contributed by atoms with Crippen LogP contribution in [0.25, 0.3) is 0 Å². The van der Waals surface area contributed by atoms with E-state index in [0.29, 0.717) is 19.9 Å². The molecule has 0 spiro atoms. The van der Waals surface area contributed by atoms with Gasteiger partial charge in [0.2, 0.25) is 10.0 Å². The van der Waals surface area contributed by atoms with Crippen LogP contribution in [0.4, 0.5) is 0 Å². The number of halogens is 3. The van der Waals surface area contributed by atoms with Crippen molar-refractivity contribution in [2.24, 2.45) is 0 Å². The molecule has 8 heteroatoms. The number of sulfonamides is 1. The van der Waals surface area contributed by atoms with Crippen molar-refractivity contribution in [3.05, 3.63) is 50.3 Å². The van der Waals surface area contributed by atoms with Gasteiger partial charge in [-0.05, 0) is 62.2 Å². The van der Waals surface area contributed by atoms with Crippen LogP contribution in [0.1, 0.15) is 5.76 Å². The van der Waals surface area contributed by atoms with Crippen molar-refractivity contribution in [3.63, 3.8) is 0 Å². The third-order valence-electron chi connectivity index (χ3n) is 2.61. The third kappa shape index (κ3) is 3.46. The quantitative estimate of drug-likeness (QED) is 0.709. The molecule has 0 radical (unpaired) electrons. The lowest BCUT2D eigenvalue weighted by Crippen LogP contribution is -2.26. The smallest absolute Gasteiger partial charge is 0.243 e. The first-order chi connectivity index (χ1) is 9.30. The first kappa shape index (κ1) is 16.0. The van der Waals surface area contributed by atoms with Crippen molar-refractivity contribution in [1.29, 1.82) is 0 Å². The molecule has 0 amide bonds. The standard InChI is InChI=1S/C12H10Br2ClNO3S/c1-16(7-8-2-5-12(14)19-8)20(17,18)9-3-4-11(15)10(13)6-9/h2-6H,7H2,1H3. The maximum absolute atomic E-state index is 12.4. The Morgan fingerprint density at radius 2 is 1.95 bits per heavy atom. The van der Waals surface area contributed by atoms with E-state index in [-0.39, 0.29) is 11.4 Å². The van der Waals surface area contributed by atoms with E-state index in [1.54, 1.807) is 12.1 Å². The number of nitrogens with zero attached hydrogens (tertiary/aromatic N) is 1. The molecule has 2 rings (SSSR count). The molecule has 0 atom stereocenters. The summed E-state index contributed by atoms with van der Waals surface area (Å²) in [5.74, 6) is 0.552. The zero-order valence-corrected chi connectivity index (χ0v) is 15.1. The number of hydrogen-bond acceptors (Lipinski definition) is 3. The summed E-state index contributed by atoms with van der Waals surface area (Å²) in [6, 6.07) is 7.92. The molecule has 1 heterocycles. The highest BCUT2D eigenvalue weighted by molar-refractivity contribution is 9.10. The number of hydrogen-bond donors (Lipinski definition) is 0. The largest absolute Gasteiger partial charge is 0.453 e. The molecule has 0 aliphatic rings. The Kier molecular flexibility index (Phi) is 4.96. The van der Waals surface area contributed by atoms with Gasteiger partial charge in [-0.3, -0.25) is 0 Å². The van der Waals surface area contributed by atoms with E-state index >= 15 is 0 Å². The zero-order chi connectivity index (χ0) is 14.9. The molecule has 0 unspecified atom stereocenters. The van der Waals surface area contributed by atoms with Crippen LogP contribution < -0.4 is 0 Å². The molecular formula is C12H10Br2ClNO3S. The minimum Gasteiger partial charge on any atom is -0.453 e. The van der Waals surface area contributed by atoms with Crippen LogP contribution in [0.5, 0.6) is 0 Å². The molecule has 0 N–H and O–H groups in total. The lowest BCUT2D eigenvalue weighted by molar-refractivity contribution is 0.398. The third-order valence-corrected chi connectivity index (χ3v) is 6.05. The highest BCUT2D eigenvalue weighted by Gasteiger charge is 2.22. The molecule has 20 heavy (non-hydrogen) atoms. The van der Waals surface area contributed by atoms with E-state index in [4.69, 9.17) is 16.0 Å². The van der Waals surface area contributed by atoms with Crippen molar-refractivity contribution in [3.8, 4) is 0 Å². The lowest BCUT2D eigenvalue weighted by Gasteiger charge is -2.16. The molecule has 0 bridgehead atoms. The maximum Gasteiger partial charge on any atom is 0.243 e. The first-order valence-corrected chi connectivity index (χ1v) is 8.86. The van der Waals surface area contributed by atoms with Crippen molar-refractivity contribution in [1.82, 2.24) is 4.31 Å². The molecule has 2 aromatic rings. The van der Waals surface area contributed by atoms with Crippen LogP contribution in [-0.4, -0.2) is 19.8 Å². The number of rotatable bonds is 4. The van der Waals surface area contributed by atoms with E-state index in [2.05, 4.69) is 31.9 Å². The summed E-state index contributed by atoms with van der Waals surface area (Å²) in [4.78, 5) is 0.168. The fourth-order valence-electron chi connectivity index (χ4n) is 1.56. The highest BCUT2D eigenvalue weighted by Crippen LogP contribution is 2.27.